The van der Waals surface area contributed by atoms with E-state index in [4.69, 9.17) is 18.9 Å². The summed E-state index contributed by atoms with van der Waals surface area (Å²) in [7, 11) is -5.06. The number of rotatable bonds is 44. The molecule has 1 saturated heterocycles. The lowest BCUT2D eigenvalue weighted by atomic mass is 9.99. The first-order chi connectivity index (χ1) is 30.1. The van der Waals surface area contributed by atoms with Crippen LogP contribution in [0.3, 0.4) is 0 Å². The maximum atomic E-state index is 12.9. The number of allylic oxidation sites excluding steroid dienone is 4. The van der Waals surface area contributed by atoms with Crippen molar-refractivity contribution in [2.45, 2.75) is 256 Å². The minimum atomic E-state index is -5.06. The van der Waals surface area contributed by atoms with Crippen LogP contribution in [0.25, 0.3) is 0 Å². The van der Waals surface area contributed by atoms with E-state index in [0.717, 1.165) is 51.4 Å². The van der Waals surface area contributed by atoms with Gasteiger partial charge in [0.1, 0.15) is 30.5 Å². The third-order valence-electron chi connectivity index (χ3n) is 11.6. The van der Waals surface area contributed by atoms with Gasteiger partial charge in [0.25, 0.3) is 0 Å². The van der Waals surface area contributed by atoms with E-state index in [1.165, 1.54) is 141 Å². The van der Waals surface area contributed by atoms with E-state index >= 15 is 0 Å². The third-order valence-corrected chi connectivity index (χ3v) is 12.0. The molecule has 12 nitrogen and oxygen atoms in total. The molecule has 1 aliphatic rings. The summed E-state index contributed by atoms with van der Waals surface area (Å²) < 4.78 is 59.2. The largest absolute Gasteiger partial charge is 0.457 e. The van der Waals surface area contributed by atoms with E-state index in [1.807, 2.05) is 0 Å². The highest BCUT2D eigenvalue weighted by atomic mass is 32.3. The van der Waals surface area contributed by atoms with Crippen LogP contribution in [0, 0.1) is 0 Å². The maximum absolute atomic E-state index is 12.9. The Labute approximate surface area is 378 Å². The second kappa shape index (κ2) is 41.0. The first-order valence-electron chi connectivity index (χ1n) is 25.1. The van der Waals surface area contributed by atoms with Gasteiger partial charge in [0.05, 0.1) is 19.8 Å². The molecule has 0 amide bonds. The van der Waals surface area contributed by atoms with E-state index in [2.05, 4.69) is 42.3 Å². The molecule has 6 unspecified atom stereocenters. The zero-order chi connectivity index (χ0) is 45.4. The van der Waals surface area contributed by atoms with Gasteiger partial charge in [-0.05, 0) is 44.9 Å². The number of hydrogen-bond acceptors (Lipinski definition) is 11. The number of aliphatic hydroxyl groups is 3. The standard InChI is InChI=1S/C49H92O12S/c1-3-5-7-9-11-13-15-17-19-21-22-24-26-28-30-32-34-36-38-45(51)59-43(42-58-49-47(53)48(61-62(54,55)56)46(52)44(40-50)60-49)41-57-39-37-35-33-31-29-27-25-23-20-18-16-14-12-10-8-6-4-2/h13,15,19,21,43-44,46-50,52-53H,3-12,14,16-18,20,22-42H2,1-2H3,(H,54,55,56)/b15-13-,21-19-. The minimum absolute atomic E-state index is 0.0371. The summed E-state index contributed by atoms with van der Waals surface area (Å²) in [5.41, 5.74) is 0. The molecule has 366 valence electrons. The van der Waals surface area contributed by atoms with Crippen molar-refractivity contribution in [1.29, 1.82) is 0 Å². The van der Waals surface area contributed by atoms with Crippen LogP contribution in [-0.4, -0.2) is 97.5 Å². The van der Waals surface area contributed by atoms with Gasteiger partial charge >= 0.3 is 16.4 Å². The lowest BCUT2D eigenvalue weighted by Gasteiger charge is -2.41. The Balaban J connectivity index is 2.38. The van der Waals surface area contributed by atoms with E-state index in [1.54, 1.807) is 0 Å². The smallest absolute Gasteiger partial charge is 0.397 e. The van der Waals surface area contributed by atoms with Crippen LogP contribution in [0.2, 0.25) is 0 Å². The second-order valence-corrected chi connectivity index (χ2v) is 18.5. The van der Waals surface area contributed by atoms with Gasteiger partial charge in [-0.3, -0.25) is 9.35 Å². The lowest BCUT2D eigenvalue weighted by Crippen LogP contribution is -2.60. The van der Waals surface area contributed by atoms with Crippen molar-refractivity contribution in [1.82, 2.24) is 0 Å². The van der Waals surface area contributed by atoms with Gasteiger partial charge in [-0.2, -0.15) is 8.42 Å². The Morgan fingerprint density at radius 1 is 0.613 bits per heavy atom. The molecule has 1 heterocycles. The molecule has 1 fully saturated rings. The lowest BCUT2D eigenvalue weighted by molar-refractivity contribution is -0.301. The summed E-state index contributed by atoms with van der Waals surface area (Å²) >= 11 is 0. The van der Waals surface area contributed by atoms with Gasteiger partial charge in [-0.15, -0.1) is 0 Å². The van der Waals surface area contributed by atoms with E-state index < -0.39 is 59.8 Å². The number of carbonyl (C=O) groups is 1. The molecule has 0 saturated carbocycles. The fourth-order valence-electron chi connectivity index (χ4n) is 7.76. The Bertz CT molecular complexity index is 1180. The molecular weight excluding hydrogens is 813 g/mol. The molecule has 0 aromatic rings. The van der Waals surface area contributed by atoms with Crippen LogP contribution in [0.5, 0.6) is 0 Å². The predicted molar refractivity (Wildman–Crippen MR) is 248 cm³/mol. The molecule has 6 atom stereocenters. The third kappa shape index (κ3) is 34.0. The fraction of sp³-hybridized carbons (Fsp3) is 0.898. The van der Waals surface area contributed by atoms with E-state index in [9.17, 15) is 33.1 Å². The minimum Gasteiger partial charge on any atom is -0.457 e. The van der Waals surface area contributed by atoms with Gasteiger partial charge < -0.3 is 34.3 Å². The van der Waals surface area contributed by atoms with E-state index in [0.29, 0.717) is 13.0 Å². The number of hydrogen-bond donors (Lipinski definition) is 4. The first-order valence-corrected chi connectivity index (χ1v) is 26.5. The molecular formula is C49H92O12S. The maximum Gasteiger partial charge on any atom is 0.397 e. The van der Waals surface area contributed by atoms with Crippen molar-refractivity contribution in [2.75, 3.05) is 26.4 Å². The van der Waals surface area contributed by atoms with Gasteiger partial charge in [0.2, 0.25) is 0 Å². The van der Waals surface area contributed by atoms with Crippen LogP contribution in [0.15, 0.2) is 24.3 Å². The number of unbranched alkanes of at least 4 members (excludes halogenated alkanes) is 27. The van der Waals surface area contributed by atoms with Crippen molar-refractivity contribution in [3.8, 4) is 0 Å². The zero-order valence-electron chi connectivity index (χ0n) is 39.2. The monoisotopic (exact) mass is 905 g/mol. The highest BCUT2D eigenvalue weighted by Crippen LogP contribution is 2.26. The van der Waals surface area contributed by atoms with Gasteiger partial charge in [-0.1, -0.05) is 192 Å². The van der Waals surface area contributed by atoms with Gasteiger partial charge in [0.15, 0.2) is 6.29 Å². The molecule has 0 aromatic carbocycles. The Kier molecular flexibility index (Phi) is 38.8. The summed E-state index contributed by atoms with van der Waals surface area (Å²) in [5.74, 6) is -0.403. The van der Waals surface area contributed by atoms with Crippen molar-refractivity contribution in [3.63, 3.8) is 0 Å². The summed E-state index contributed by atoms with van der Waals surface area (Å²) in [6.07, 6.45) is 37.7. The quantitative estimate of drug-likeness (QED) is 0.0197. The average molecular weight is 905 g/mol. The van der Waals surface area contributed by atoms with Crippen LogP contribution >= 0.6 is 0 Å². The van der Waals surface area contributed by atoms with E-state index in [-0.39, 0.29) is 19.6 Å². The first kappa shape index (κ1) is 58.6. The number of carbonyl (C=O) groups excluding carboxylic acids is 1. The van der Waals surface area contributed by atoms with Gasteiger partial charge in [0, 0.05) is 13.0 Å². The topological polar surface area (TPSA) is 178 Å². The molecule has 4 N–H and O–H groups in total. The summed E-state index contributed by atoms with van der Waals surface area (Å²) in [5, 5.41) is 30.7. The van der Waals surface area contributed by atoms with Crippen molar-refractivity contribution in [3.05, 3.63) is 24.3 Å². The fourth-order valence-corrected chi connectivity index (χ4v) is 8.27. The second-order valence-electron chi connectivity index (χ2n) is 17.4. The molecule has 0 aromatic heterocycles. The SMILES string of the molecule is CCCCCC/C=C\C/C=C\CCCCCCCCCC(=O)OC(COCCCCCCCCCCCCCCCCCCC)COC1OC(CO)C(O)C(OS(=O)(=O)O)C1O. The summed E-state index contributed by atoms with van der Waals surface area (Å²) in [4.78, 5) is 12.9. The highest BCUT2D eigenvalue weighted by molar-refractivity contribution is 7.80. The predicted octanol–water partition coefficient (Wildman–Crippen LogP) is 11.2. The van der Waals surface area contributed by atoms with Crippen LogP contribution < -0.4 is 0 Å². The Morgan fingerprint density at radius 2 is 1.06 bits per heavy atom. The number of esters is 1. The van der Waals surface area contributed by atoms with Crippen LogP contribution in [-0.2, 0) is 38.3 Å². The zero-order valence-corrected chi connectivity index (χ0v) is 40.0. The molecule has 0 radical (unpaired) electrons. The van der Waals surface area contributed by atoms with Crippen LogP contribution in [0.1, 0.15) is 219 Å². The van der Waals surface area contributed by atoms with Gasteiger partial charge in [-0.25, -0.2) is 4.18 Å². The Hall–Kier alpha value is -1.42. The molecule has 1 rings (SSSR count). The van der Waals surface area contributed by atoms with Crippen molar-refractivity contribution in [2.24, 2.45) is 0 Å². The molecule has 0 aliphatic carbocycles. The average Bonchev–Trinajstić information content (AvgIpc) is 3.24. The van der Waals surface area contributed by atoms with Crippen molar-refractivity contribution >= 4 is 16.4 Å². The summed E-state index contributed by atoms with van der Waals surface area (Å²) in [6.45, 7) is 4.00. The molecule has 13 heteroatoms. The molecule has 62 heavy (non-hydrogen) atoms. The number of aliphatic hydroxyl groups excluding tert-OH is 3. The molecule has 1 aliphatic heterocycles. The van der Waals surface area contributed by atoms with Crippen molar-refractivity contribution < 1.29 is 56.2 Å². The highest BCUT2D eigenvalue weighted by Gasteiger charge is 2.48. The summed E-state index contributed by atoms with van der Waals surface area (Å²) in [6, 6.07) is 0. The van der Waals surface area contributed by atoms with Crippen LogP contribution in [0.4, 0.5) is 0 Å². The normalized spacial score (nSPS) is 20.1. The Morgan fingerprint density at radius 3 is 1.55 bits per heavy atom. The number of ether oxygens (including phenoxy) is 4. The molecule has 0 spiro atoms. The molecule has 0 bridgehead atoms.